The second-order valence-corrected chi connectivity index (χ2v) is 6.53. The summed E-state index contributed by atoms with van der Waals surface area (Å²) in [6.45, 7) is 0.306. The van der Waals surface area contributed by atoms with Gasteiger partial charge in [0.1, 0.15) is 5.82 Å². The molecule has 0 saturated heterocycles. The Hall–Kier alpha value is -3.00. The Morgan fingerprint density at radius 1 is 0.935 bits per heavy atom. The fourth-order valence-corrected chi connectivity index (χ4v) is 2.71. The summed E-state index contributed by atoms with van der Waals surface area (Å²) in [6.07, 6.45) is 3.29. The van der Waals surface area contributed by atoms with E-state index in [4.69, 9.17) is 5.73 Å². The summed E-state index contributed by atoms with van der Waals surface area (Å²) in [5.41, 5.74) is 8.81. The Morgan fingerprint density at radius 2 is 1.55 bits per heavy atom. The maximum atomic E-state index is 12.9. The molecule has 0 bridgehead atoms. The number of hydrogen-bond acceptors (Lipinski definition) is 4. The molecule has 2 aromatic carbocycles. The largest absolute Gasteiger partial charge is 0.352 e. The number of carbonyl (C=O) groups is 2. The molecule has 1 atom stereocenters. The summed E-state index contributed by atoms with van der Waals surface area (Å²) in [4.78, 5) is 28.3. The highest BCUT2D eigenvalue weighted by Gasteiger charge is 2.13. The second-order valence-electron chi connectivity index (χ2n) is 6.53. The number of amides is 2. The number of rotatable bonds is 7. The normalized spacial score (nSPS) is 10.8. The van der Waals surface area contributed by atoms with Crippen molar-refractivity contribution in [2.45, 2.75) is 19.0 Å². The summed E-state index contributed by atoms with van der Waals surface area (Å²) < 4.78 is 12.9. The average Bonchev–Trinajstić information content (AvgIpc) is 2.74. The van der Waals surface area contributed by atoms with Gasteiger partial charge in [-0.2, -0.15) is 0 Å². The molecule has 0 fully saturated rings. The van der Waals surface area contributed by atoms with Crippen LogP contribution in [-0.4, -0.2) is 16.8 Å². The van der Waals surface area contributed by atoms with Crippen LogP contribution in [0.15, 0.2) is 73.1 Å². The van der Waals surface area contributed by atoms with Gasteiger partial charge in [0.2, 0.25) is 5.91 Å². The van der Waals surface area contributed by atoms with Crippen molar-refractivity contribution in [1.29, 1.82) is 0 Å². The quantitative estimate of drug-likeness (QED) is 0.491. The molecule has 1 heterocycles. The standard InChI is InChI=1S/C22H21FN4O2.2ClH/c23-18-7-1-15(2-8-18)14-26-21(28)13-20(24)16-3-5-17(6-4-16)22(29)27-19-9-11-25-12-10-19;;/h1-12,20H,13-14,24H2,(H,26,28)(H,25,27,29);2*1H/t20-;;/m0../s1. The van der Waals surface area contributed by atoms with Gasteiger partial charge in [-0.3, -0.25) is 14.6 Å². The van der Waals surface area contributed by atoms with Crippen LogP contribution in [0.3, 0.4) is 0 Å². The summed E-state index contributed by atoms with van der Waals surface area (Å²) in [5, 5.41) is 5.54. The van der Waals surface area contributed by atoms with E-state index in [1.807, 2.05) is 0 Å². The fourth-order valence-electron chi connectivity index (χ4n) is 2.71. The molecule has 3 rings (SSSR count). The fraction of sp³-hybridized carbons (Fsp3) is 0.136. The zero-order chi connectivity index (χ0) is 20.6. The Kier molecular flexibility index (Phi) is 10.6. The van der Waals surface area contributed by atoms with Gasteiger partial charge in [-0.15, -0.1) is 24.8 Å². The third-order valence-corrected chi connectivity index (χ3v) is 4.35. The first-order valence-corrected chi connectivity index (χ1v) is 9.09. The third kappa shape index (κ3) is 7.97. The third-order valence-electron chi connectivity index (χ3n) is 4.35. The van der Waals surface area contributed by atoms with Gasteiger partial charge in [-0.25, -0.2) is 4.39 Å². The van der Waals surface area contributed by atoms with Crippen LogP contribution >= 0.6 is 24.8 Å². The van der Waals surface area contributed by atoms with Crippen molar-refractivity contribution in [3.63, 3.8) is 0 Å². The lowest BCUT2D eigenvalue weighted by atomic mass is 10.0. The van der Waals surface area contributed by atoms with Crippen molar-refractivity contribution in [2.75, 3.05) is 5.32 Å². The SMILES string of the molecule is Cl.Cl.N[C@@H](CC(=O)NCc1ccc(F)cc1)c1ccc(C(=O)Nc2ccncc2)cc1. The Bertz CT molecular complexity index is 971. The van der Waals surface area contributed by atoms with E-state index in [2.05, 4.69) is 15.6 Å². The molecule has 0 aliphatic carbocycles. The van der Waals surface area contributed by atoms with E-state index < -0.39 is 6.04 Å². The van der Waals surface area contributed by atoms with Crippen molar-refractivity contribution in [3.05, 3.63) is 95.6 Å². The molecule has 3 aromatic rings. The second kappa shape index (κ2) is 12.6. The zero-order valence-electron chi connectivity index (χ0n) is 16.5. The van der Waals surface area contributed by atoms with Gasteiger partial charge in [0.15, 0.2) is 0 Å². The van der Waals surface area contributed by atoms with Crippen LogP contribution < -0.4 is 16.4 Å². The molecular weight excluding hydrogens is 442 g/mol. The summed E-state index contributed by atoms with van der Waals surface area (Å²) in [6, 6.07) is 15.6. The zero-order valence-corrected chi connectivity index (χ0v) is 18.1. The van der Waals surface area contributed by atoms with Gasteiger partial charge in [0, 0.05) is 42.7 Å². The van der Waals surface area contributed by atoms with Gasteiger partial charge in [-0.05, 0) is 47.5 Å². The highest BCUT2D eigenvalue weighted by atomic mass is 35.5. The minimum absolute atomic E-state index is 0. The molecule has 0 unspecified atom stereocenters. The number of halogens is 3. The van der Waals surface area contributed by atoms with E-state index in [0.29, 0.717) is 17.8 Å². The van der Waals surface area contributed by atoms with E-state index in [9.17, 15) is 14.0 Å². The molecule has 2 amide bonds. The molecule has 6 nitrogen and oxygen atoms in total. The van der Waals surface area contributed by atoms with Crippen LogP contribution in [0.25, 0.3) is 0 Å². The molecule has 31 heavy (non-hydrogen) atoms. The molecular formula is C22H23Cl2FN4O2. The number of pyridine rings is 1. The molecule has 0 aliphatic rings. The van der Waals surface area contributed by atoms with Crippen LogP contribution in [-0.2, 0) is 11.3 Å². The van der Waals surface area contributed by atoms with Crippen LogP contribution in [0, 0.1) is 5.82 Å². The number of nitrogens with two attached hydrogens (primary N) is 1. The highest BCUT2D eigenvalue weighted by Crippen LogP contribution is 2.16. The summed E-state index contributed by atoms with van der Waals surface area (Å²) in [7, 11) is 0. The molecule has 0 spiro atoms. The average molecular weight is 465 g/mol. The van der Waals surface area contributed by atoms with Crippen LogP contribution in [0.2, 0.25) is 0 Å². The van der Waals surface area contributed by atoms with E-state index in [1.165, 1.54) is 12.1 Å². The predicted octanol–water partition coefficient (Wildman–Crippen LogP) is 4.02. The van der Waals surface area contributed by atoms with Crippen molar-refractivity contribution in [3.8, 4) is 0 Å². The first kappa shape index (κ1) is 26.0. The number of hydrogen-bond donors (Lipinski definition) is 3. The minimum Gasteiger partial charge on any atom is -0.352 e. The molecule has 9 heteroatoms. The molecule has 4 N–H and O–H groups in total. The van der Waals surface area contributed by atoms with Gasteiger partial charge >= 0.3 is 0 Å². The van der Waals surface area contributed by atoms with Gasteiger partial charge in [0.25, 0.3) is 5.91 Å². The first-order valence-electron chi connectivity index (χ1n) is 9.09. The van der Waals surface area contributed by atoms with Crippen molar-refractivity contribution in [1.82, 2.24) is 10.3 Å². The predicted molar refractivity (Wildman–Crippen MR) is 123 cm³/mol. The number of carbonyl (C=O) groups excluding carboxylic acids is 2. The molecule has 0 saturated carbocycles. The lowest BCUT2D eigenvalue weighted by Gasteiger charge is -2.13. The van der Waals surface area contributed by atoms with Crippen LogP contribution in [0.1, 0.15) is 33.9 Å². The Labute approximate surface area is 192 Å². The molecule has 1 aromatic heterocycles. The maximum absolute atomic E-state index is 12.9. The Balaban J connectivity index is 0.00000240. The summed E-state index contributed by atoms with van der Waals surface area (Å²) in [5.74, 6) is -0.769. The summed E-state index contributed by atoms with van der Waals surface area (Å²) >= 11 is 0. The monoisotopic (exact) mass is 464 g/mol. The Morgan fingerprint density at radius 3 is 2.16 bits per heavy atom. The molecule has 164 valence electrons. The molecule has 0 aliphatic heterocycles. The van der Waals surface area contributed by atoms with Crippen molar-refractivity contribution < 1.29 is 14.0 Å². The number of nitrogens with zero attached hydrogens (tertiary/aromatic N) is 1. The number of aromatic nitrogens is 1. The van der Waals surface area contributed by atoms with Crippen molar-refractivity contribution in [2.24, 2.45) is 5.73 Å². The highest BCUT2D eigenvalue weighted by molar-refractivity contribution is 6.04. The topological polar surface area (TPSA) is 97.1 Å². The van der Waals surface area contributed by atoms with Gasteiger partial charge in [-0.1, -0.05) is 24.3 Å². The van der Waals surface area contributed by atoms with Gasteiger partial charge < -0.3 is 16.4 Å². The van der Waals surface area contributed by atoms with Gasteiger partial charge in [0.05, 0.1) is 0 Å². The van der Waals surface area contributed by atoms with E-state index in [1.54, 1.807) is 60.9 Å². The van der Waals surface area contributed by atoms with E-state index in [-0.39, 0.29) is 48.9 Å². The number of benzene rings is 2. The van der Waals surface area contributed by atoms with Crippen LogP contribution in [0.5, 0.6) is 0 Å². The smallest absolute Gasteiger partial charge is 0.255 e. The van der Waals surface area contributed by atoms with Crippen LogP contribution in [0.4, 0.5) is 10.1 Å². The van der Waals surface area contributed by atoms with E-state index >= 15 is 0 Å². The van der Waals surface area contributed by atoms with E-state index in [0.717, 1.165) is 11.1 Å². The number of nitrogens with one attached hydrogen (secondary N) is 2. The number of anilines is 1. The maximum Gasteiger partial charge on any atom is 0.255 e. The molecule has 0 radical (unpaired) electrons. The van der Waals surface area contributed by atoms with Crippen molar-refractivity contribution >= 4 is 42.3 Å². The minimum atomic E-state index is -0.500. The lowest BCUT2D eigenvalue weighted by Crippen LogP contribution is -2.27. The first-order chi connectivity index (χ1) is 14.0. The lowest BCUT2D eigenvalue weighted by molar-refractivity contribution is -0.121.